The van der Waals surface area contributed by atoms with Gasteiger partial charge >= 0.3 is 11.9 Å². The Hall–Kier alpha value is -2.37. The van der Waals surface area contributed by atoms with Gasteiger partial charge in [0.2, 0.25) is 5.91 Å². The number of amides is 1. The van der Waals surface area contributed by atoms with E-state index in [0.29, 0.717) is 12.8 Å². The molecule has 0 unspecified atom stereocenters. The van der Waals surface area contributed by atoms with Crippen molar-refractivity contribution in [1.82, 2.24) is 0 Å². The fourth-order valence-corrected chi connectivity index (χ4v) is 3.55. The van der Waals surface area contributed by atoms with E-state index < -0.39 is 22.7 Å². The summed E-state index contributed by atoms with van der Waals surface area (Å²) in [5.74, 6) is -2.12. The molecule has 1 aromatic rings. The number of rotatable bonds is 4. The maximum atomic E-state index is 12.7. The second-order valence-corrected chi connectivity index (χ2v) is 6.98. The number of carboxylic acid groups (broad SMARTS) is 1. The first-order valence-corrected chi connectivity index (χ1v) is 7.86. The molecule has 0 saturated heterocycles. The summed E-state index contributed by atoms with van der Waals surface area (Å²) in [5.41, 5.74) is -1.06. The number of anilines is 1. The molecule has 2 N–H and O–H groups in total. The lowest BCUT2D eigenvalue weighted by atomic mass is 9.65. The number of hydrogen-bond acceptors (Lipinski definition) is 4. The Kier molecular flexibility index (Phi) is 4.69. The molecule has 1 aromatic carbocycles. The summed E-state index contributed by atoms with van der Waals surface area (Å²) in [6.45, 7) is 5.58. The van der Waals surface area contributed by atoms with Crippen molar-refractivity contribution in [2.24, 2.45) is 16.7 Å². The first-order valence-electron chi connectivity index (χ1n) is 7.86. The molecular formula is C18H23NO5. The predicted octanol–water partition coefficient (Wildman–Crippen LogP) is 2.94. The van der Waals surface area contributed by atoms with Gasteiger partial charge in [0, 0.05) is 5.92 Å². The Bertz CT molecular complexity index is 682. The van der Waals surface area contributed by atoms with E-state index >= 15 is 0 Å². The molecule has 130 valence electrons. The fourth-order valence-electron chi connectivity index (χ4n) is 3.55. The molecule has 2 atom stereocenters. The van der Waals surface area contributed by atoms with E-state index in [0.717, 1.165) is 0 Å². The lowest BCUT2D eigenvalue weighted by molar-refractivity contribution is -0.158. The summed E-state index contributed by atoms with van der Waals surface area (Å²) in [7, 11) is 1.35. The third-order valence-corrected chi connectivity index (χ3v) is 5.59. The van der Waals surface area contributed by atoms with E-state index in [1.807, 2.05) is 20.8 Å². The summed E-state index contributed by atoms with van der Waals surface area (Å²) in [5, 5.41) is 11.9. The van der Waals surface area contributed by atoms with Gasteiger partial charge in [-0.2, -0.15) is 0 Å². The molecule has 1 amide bonds. The van der Waals surface area contributed by atoms with Crippen LogP contribution in [0.2, 0.25) is 0 Å². The van der Waals surface area contributed by atoms with Crippen LogP contribution in [0.5, 0.6) is 0 Å². The molecular weight excluding hydrogens is 310 g/mol. The molecule has 1 saturated carbocycles. The highest BCUT2D eigenvalue weighted by Crippen LogP contribution is 2.56. The average molecular weight is 333 g/mol. The van der Waals surface area contributed by atoms with Crippen LogP contribution in [-0.2, 0) is 14.3 Å². The minimum absolute atomic E-state index is 0.0392. The molecule has 0 aromatic heterocycles. The minimum Gasteiger partial charge on any atom is -0.478 e. The monoisotopic (exact) mass is 333 g/mol. The molecule has 2 rings (SSSR count). The lowest BCUT2D eigenvalue weighted by Gasteiger charge is -2.38. The van der Waals surface area contributed by atoms with Crippen LogP contribution in [0.15, 0.2) is 24.3 Å². The van der Waals surface area contributed by atoms with Gasteiger partial charge in [-0.1, -0.05) is 26.0 Å². The minimum atomic E-state index is -1.10. The molecule has 0 radical (unpaired) electrons. The van der Waals surface area contributed by atoms with Crippen molar-refractivity contribution in [3.8, 4) is 0 Å². The highest BCUT2D eigenvalue weighted by molar-refractivity contribution is 6.01. The predicted molar refractivity (Wildman–Crippen MR) is 88.7 cm³/mol. The first-order chi connectivity index (χ1) is 11.1. The summed E-state index contributed by atoms with van der Waals surface area (Å²) < 4.78 is 4.92. The second kappa shape index (κ2) is 6.26. The topological polar surface area (TPSA) is 92.7 Å². The van der Waals surface area contributed by atoms with Crippen molar-refractivity contribution < 1.29 is 24.2 Å². The Morgan fingerprint density at radius 2 is 1.83 bits per heavy atom. The fraction of sp³-hybridized carbons (Fsp3) is 0.500. The van der Waals surface area contributed by atoms with E-state index in [1.54, 1.807) is 18.2 Å². The Balaban J connectivity index is 2.26. The van der Waals surface area contributed by atoms with Crippen molar-refractivity contribution in [3.63, 3.8) is 0 Å². The van der Waals surface area contributed by atoms with Crippen molar-refractivity contribution in [3.05, 3.63) is 29.8 Å². The maximum absolute atomic E-state index is 12.7. The molecule has 0 bridgehead atoms. The van der Waals surface area contributed by atoms with Crippen molar-refractivity contribution in [2.45, 2.75) is 33.6 Å². The number of ether oxygens (including phenoxy) is 1. The molecule has 1 fully saturated rings. The highest BCUT2D eigenvalue weighted by atomic mass is 16.5. The van der Waals surface area contributed by atoms with Crippen molar-refractivity contribution >= 4 is 23.5 Å². The number of para-hydroxylation sites is 1. The van der Waals surface area contributed by atoms with E-state index in [1.165, 1.54) is 13.2 Å². The number of carboxylic acids is 1. The summed E-state index contributed by atoms with van der Waals surface area (Å²) in [6.07, 6.45) is 1.09. The molecule has 0 heterocycles. The van der Waals surface area contributed by atoms with Gasteiger partial charge in [0.1, 0.15) is 0 Å². The smallest absolute Gasteiger partial charge is 0.337 e. The van der Waals surface area contributed by atoms with Gasteiger partial charge in [-0.05, 0) is 37.3 Å². The molecule has 6 nitrogen and oxygen atoms in total. The summed E-state index contributed by atoms with van der Waals surface area (Å²) >= 11 is 0. The molecule has 0 spiro atoms. The maximum Gasteiger partial charge on any atom is 0.337 e. The number of nitrogens with one attached hydrogen (secondary N) is 1. The van der Waals surface area contributed by atoms with Gasteiger partial charge in [-0.25, -0.2) is 4.79 Å². The number of benzene rings is 1. The van der Waals surface area contributed by atoms with Gasteiger partial charge in [-0.3, -0.25) is 9.59 Å². The Morgan fingerprint density at radius 1 is 1.21 bits per heavy atom. The zero-order valence-electron chi connectivity index (χ0n) is 14.4. The Morgan fingerprint density at radius 3 is 2.42 bits per heavy atom. The van der Waals surface area contributed by atoms with Gasteiger partial charge in [0.15, 0.2) is 0 Å². The van der Waals surface area contributed by atoms with Crippen LogP contribution in [0, 0.1) is 16.7 Å². The highest BCUT2D eigenvalue weighted by Gasteiger charge is 2.58. The first kappa shape index (κ1) is 18.0. The van der Waals surface area contributed by atoms with E-state index in [4.69, 9.17) is 4.74 Å². The Labute approximate surface area is 141 Å². The molecule has 0 aliphatic heterocycles. The van der Waals surface area contributed by atoms with Crippen LogP contribution < -0.4 is 5.32 Å². The SMILES string of the molecule is COC(=O)[C@]1(C)CC[C@H](C(=O)Nc2ccccc2C(=O)O)C1(C)C. The van der Waals surface area contributed by atoms with Crippen LogP contribution in [0.25, 0.3) is 0 Å². The van der Waals surface area contributed by atoms with Crippen molar-refractivity contribution in [2.75, 3.05) is 12.4 Å². The largest absolute Gasteiger partial charge is 0.478 e. The van der Waals surface area contributed by atoms with Crippen LogP contribution >= 0.6 is 0 Å². The number of carbonyl (C=O) groups is 3. The quantitative estimate of drug-likeness (QED) is 0.826. The number of carbonyl (C=O) groups excluding carboxylic acids is 2. The van der Waals surface area contributed by atoms with Crippen LogP contribution in [0.1, 0.15) is 44.0 Å². The average Bonchev–Trinajstić information content (AvgIpc) is 2.78. The zero-order chi connectivity index (χ0) is 18.1. The van der Waals surface area contributed by atoms with Crippen LogP contribution in [0.4, 0.5) is 5.69 Å². The molecule has 6 heteroatoms. The van der Waals surface area contributed by atoms with E-state index in [9.17, 15) is 19.5 Å². The summed E-state index contributed by atoms with van der Waals surface area (Å²) in [6, 6.07) is 6.27. The van der Waals surface area contributed by atoms with Gasteiger partial charge in [-0.15, -0.1) is 0 Å². The van der Waals surface area contributed by atoms with Gasteiger partial charge in [0.25, 0.3) is 0 Å². The third kappa shape index (κ3) is 2.77. The van der Waals surface area contributed by atoms with Gasteiger partial charge < -0.3 is 15.2 Å². The molecule has 1 aliphatic rings. The lowest BCUT2D eigenvalue weighted by Crippen LogP contribution is -2.44. The van der Waals surface area contributed by atoms with Crippen molar-refractivity contribution in [1.29, 1.82) is 0 Å². The number of hydrogen-bond donors (Lipinski definition) is 2. The summed E-state index contributed by atoms with van der Waals surface area (Å²) in [4.78, 5) is 36.2. The number of methoxy groups -OCH3 is 1. The second-order valence-electron chi connectivity index (χ2n) is 6.98. The molecule has 1 aliphatic carbocycles. The van der Waals surface area contributed by atoms with Crippen LogP contribution in [-0.4, -0.2) is 30.1 Å². The van der Waals surface area contributed by atoms with E-state index in [-0.39, 0.29) is 23.1 Å². The number of esters is 1. The standard InChI is InChI=1S/C18H23NO5/c1-17(2)12(9-10-18(17,3)16(23)24-4)14(20)19-13-8-6-5-7-11(13)15(21)22/h5-8,12H,9-10H2,1-4H3,(H,19,20)(H,21,22)/t12-,18+/m1/s1. The van der Waals surface area contributed by atoms with Crippen LogP contribution in [0.3, 0.4) is 0 Å². The third-order valence-electron chi connectivity index (χ3n) is 5.59. The normalized spacial score (nSPS) is 25.1. The number of aromatic carboxylic acids is 1. The van der Waals surface area contributed by atoms with Gasteiger partial charge in [0.05, 0.1) is 23.8 Å². The zero-order valence-corrected chi connectivity index (χ0v) is 14.4. The molecule has 24 heavy (non-hydrogen) atoms. The van der Waals surface area contributed by atoms with E-state index in [2.05, 4.69) is 5.32 Å².